The molecule has 16 heavy (non-hydrogen) atoms. The van der Waals surface area contributed by atoms with Gasteiger partial charge in [-0.3, -0.25) is 9.59 Å². The second kappa shape index (κ2) is 6.48. The molecule has 0 aliphatic carbocycles. The highest BCUT2D eigenvalue weighted by molar-refractivity contribution is 5.71. The summed E-state index contributed by atoms with van der Waals surface area (Å²) >= 11 is 0. The zero-order chi connectivity index (χ0) is 12.8. The van der Waals surface area contributed by atoms with E-state index < -0.39 is 23.6 Å². The number of carbonyl (C=O) groups excluding carboxylic acids is 2. The number of aliphatic hydroxyl groups excluding tert-OH is 1. The molecule has 1 N–H and O–H groups in total. The van der Waals surface area contributed by atoms with E-state index in [1.165, 1.54) is 6.92 Å². The van der Waals surface area contributed by atoms with E-state index in [9.17, 15) is 9.59 Å². The molecule has 5 heteroatoms. The van der Waals surface area contributed by atoms with Gasteiger partial charge in [0.05, 0.1) is 13.0 Å². The van der Waals surface area contributed by atoms with Gasteiger partial charge in [0, 0.05) is 6.92 Å². The topological polar surface area (TPSA) is 72.8 Å². The fraction of sp³-hybridized carbons (Fsp3) is 0.818. The van der Waals surface area contributed by atoms with Crippen LogP contribution in [0.4, 0.5) is 0 Å². The number of hydrogen-bond acceptors (Lipinski definition) is 5. The summed E-state index contributed by atoms with van der Waals surface area (Å²) in [6.45, 7) is 6.34. The highest BCUT2D eigenvalue weighted by Gasteiger charge is 2.23. The van der Waals surface area contributed by atoms with Crippen molar-refractivity contribution in [3.05, 3.63) is 0 Å². The minimum atomic E-state index is -0.822. The lowest BCUT2D eigenvalue weighted by molar-refractivity contribution is -0.163. The molecule has 0 aromatic heterocycles. The largest absolute Gasteiger partial charge is 0.460 e. The van der Waals surface area contributed by atoms with Crippen LogP contribution in [-0.2, 0) is 19.1 Å². The lowest BCUT2D eigenvalue weighted by Gasteiger charge is -2.24. The molecule has 0 fully saturated rings. The van der Waals surface area contributed by atoms with E-state index in [-0.39, 0.29) is 13.0 Å². The molecular formula is C11H20O5. The van der Waals surface area contributed by atoms with Gasteiger partial charge < -0.3 is 14.6 Å². The van der Waals surface area contributed by atoms with Crippen LogP contribution in [0.3, 0.4) is 0 Å². The highest BCUT2D eigenvalue weighted by Crippen LogP contribution is 2.15. The lowest BCUT2D eigenvalue weighted by atomic mass is 10.1. The summed E-state index contributed by atoms with van der Waals surface area (Å²) in [6.07, 6.45) is -0.257. The number of hydrogen-bond donors (Lipinski definition) is 1. The number of ether oxygens (including phenoxy) is 2. The molecule has 5 nitrogen and oxygen atoms in total. The van der Waals surface area contributed by atoms with Gasteiger partial charge in [-0.2, -0.15) is 0 Å². The zero-order valence-electron chi connectivity index (χ0n) is 10.3. The summed E-state index contributed by atoms with van der Waals surface area (Å²) in [5.41, 5.74) is -0.534. The number of carbonyl (C=O) groups is 2. The standard InChI is InChI=1S/C11H20O5/c1-5-11(3,4)16-10(14)6-9(7-12)15-8(2)13/h9,12H,5-7H2,1-4H3. The SMILES string of the molecule is CCC(C)(C)OC(=O)CC(CO)OC(C)=O. The van der Waals surface area contributed by atoms with Crippen molar-refractivity contribution in [1.82, 2.24) is 0 Å². The van der Waals surface area contributed by atoms with Crippen LogP contribution in [-0.4, -0.2) is 35.4 Å². The Kier molecular flexibility index (Phi) is 6.03. The van der Waals surface area contributed by atoms with E-state index in [1.54, 1.807) is 13.8 Å². The Balaban J connectivity index is 4.16. The Morgan fingerprint density at radius 3 is 2.31 bits per heavy atom. The van der Waals surface area contributed by atoms with E-state index in [2.05, 4.69) is 0 Å². The number of esters is 2. The van der Waals surface area contributed by atoms with E-state index in [0.29, 0.717) is 6.42 Å². The number of rotatable bonds is 6. The smallest absolute Gasteiger partial charge is 0.310 e. The average Bonchev–Trinajstić information content (AvgIpc) is 2.15. The molecule has 1 atom stereocenters. The molecule has 0 bridgehead atoms. The summed E-state index contributed by atoms with van der Waals surface area (Å²) in [6, 6.07) is 0. The second-order valence-electron chi connectivity index (χ2n) is 4.21. The maximum Gasteiger partial charge on any atom is 0.310 e. The monoisotopic (exact) mass is 232 g/mol. The number of aliphatic hydroxyl groups is 1. The van der Waals surface area contributed by atoms with Crippen molar-refractivity contribution >= 4 is 11.9 Å². The van der Waals surface area contributed by atoms with Crippen molar-refractivity contribution in [2.45, 2.75) is 52.2 Å². The molecule has 0 aromatic carbocycles. The van der Waals surface area contributed by atoms with Crippen LogP contribution in [0.25, 0.3) is 0 Å². The van der Waals surface area contributed by atoms with Crippen molar-refractivity contribution in [3.63, 3.8) is 0 Å². The Hall–Kier alpha value is -1.10. The van der Waals surface area contributed by atoms with Gasteiger partial charge in [-0.25, -0.2) is 0 Å². The summed E-state index contributed by atoms with van der Waals surface area (Å²) in [5.74, 6) is -1.01. The molecule has 0 heterocycles. The molecule has 94 valence electrons. The van der Waals surface area contributed by atoms with Gasteiger partial charge in [0.25, 0.3) is 0 Å². The fourth-order valence-electron chi connectivity index (χ4n) is 0.986. The van der Waals surface area contributed by atoms with Crippen molar-refractivity contribution in [3.8, 4) is 0 Å². The zero-order valence-corrected chi connectivity index (χ0v) is 10.3. The Morgan fingerprint density at radius 2 is 1.94 bits per heavy atom. The first-order valence-corrected chi connectivity index (χ1v) is 5.30. The van der Waals surface area contributed by atoms with Gasteiger partial charge in [-0.1, -0.05) is 6.92 Å². The van der Waals surface area contributed by atoms with Crippen LogP contribution < -0.4 is 0 Å². The Labute approximate surface area is 95.7 Å². The summed E-state index contributed by atoms with van der Waals surface area (Å²) in [7, 11) is 0. The Bertz CT molecular complexity index is 247. The molecule has 0 aliphatic rings. The van der Waals surface area contributed by atoms with Crippen LogP contribution in [0.15, 0.2) is 0 Å². The fourth-order valence-corrected chi connectivity index (χ4v) is 0.986. The van der Waals surface area contributed by atoms with Crippen molar-refractivity contribution in [2.75, 3.05) is 6.61 Å². The minimum absolute atomic E-state index is 0.125. The molecule has 0 rings (SSSR count). The van der Waals surface area contributed by atoms with Gasteiger partial charge in [0.15, 0.2) is 0 Å². The molecule has 0 aromatic rings. The Morgan fingerprint density at radius 1 is 1.38 bits per heavy atom. The van der Waals surface area contributed by atoms with Crippen LogP contribution in [0, 0.1) is 0 Å². The van der Waals surface area contributed by atoms with Crippen LogP contribution >= 0.6 is 0 Å². The molecule has 0 amide bonds. The molecule has 0 spiro atoms. The molecule has 0 saturated heterocycles. The maximum atomic E-state index is 11.4. The van der Waals surface area contributed by atoms with Gasteiger partial charge >= 0.3 is 11.9 Å². The normalized spacial score (nSPS) is 13.1. The maximum absolute atomic E-state index is 11.4. The van der Waals surface area contributed by atoms with E-state index in [1.807, 2.05) is 6.92 Å². The first-order chi connectivity index (χ1) is 7.30. The van der Waals surface area contributed by atoms with Gasteiger partial charge in [-0.05, 0) is 20.3 Å². The first kappa shape index (κ1) is 14.9. The van der Waals surface area contributed by atoms with E-state index >= 15 is 0 Å². The highest BCUT2D eigenvalue weighted by atomic mass is 16.6. The second-order valence-corrected chi connectivity index (χ2v) is 4.21. The average molecular weight is 232 g/mol. The van der Waals surface area contributed by atoms with Crippen LogP contribution in [0.1, 0.15) is 40.5 Å². The lowest BCUT2D eigenvalue weighted by Crippen LogP contribution is -2.31. The summed E-state index contributed by atoms with van der Waals surface area (Å²) < 4.78 is 9.89. The third-order valence-electron chi connectivity index (χ3n) is 2.17. The van der Waals surface area contributed by atoms with Gasteiger partial charge in [-0.15, -0.1) is 0 Å². The van der Waals surface area contributed by atoms with Gasteiger partial charge in [0.1, 0.15) is 11.7 Å². The van der Waals surface area contributed by atoms with Crippen LogP contribution in [0.5, 0.6) is 0 Å². The predicted molar refractivity (Wildman–Crippen MR) is 57.7 cm³/mol. The van der Waals surface area contributed by atoms with E-state index in [4.69, 9.17) is 14.6 Å². The van der Waals surface area contributed by atoms with Crippen molar-refractivity contribution < 1.29 is 24.2 Å². The third-order valence-corrected chi connectivity index (χ3v) is 2.17. The van der Waals surface area contributed by atoms with Crippen LogP contribution in [0.2, 0.25) is 0 Å². The van der Waals surface area contributed by atoms with Crippen molar-refractivity contribution in [1.29, 1.82) is 0 Å². The quantitative estimate of drug-likeness (QED) is 0.692. The van der Waals surface area contributed by atoms with Gasteiger partial charge in [0.2, 0.25) is 0 Å². The summed E-state index contributed by atoms with van der Waals surface area (Å²) in [4.78, 5) is 22.1. The minimum Gasteiger partial charge on any atom is -0.460 e. The molecule has 0 saturated carbocycles. The van der Waals surface area contributed by atoms with Crippen molar-refractivity contribution in [2.24, 2.45) is 0 Å². The third kappa shape index (κ3) is 6.40. The molecule has 0 aliphatic heterocycles. The molecule has 1 unspecified atom stereocenters. The molecular weight excluding hydrogens is 212 g/mol. The summed E-state index contributed by atoms with van der Waals surface area (Å²) in [5, 5.41) is 8.89. The predicted octanol–water partition coefficient (Wildman–Crippen LogP) is 1.03. The first-order valence-electron chi connectivity index (χ1n) is 5.30. The van der Waals surface area contributed by atoms with E-state index in [0.717, 1.165) is 0 Å². The molecule has 0 radical (unpaired) electrons.